The summed E-state index contributed by atoms with van der Waals surface area (Å²) in [5, 5.41) is 0.242. The zero-order valence-electron chi connectivity index (χ0n) is 19.8. The van der Waals surface area contributed by atoms with Gasteiger partial charge in [0.05, 0.1) is 23.7 Å². The van der Waals surface area contributed by atoms with Crippen LogP contribution >= 0.6 is 34.7 Å². The first-order chi connectivity index (χ1) is 16.0. The van der Waals surface area contributed by atoms with Crippen LogP contribution in [0.4, 0.5) is 0 Å². The quantitative estimate of drug-likeness (QED) is 0.289. The van der Waals surface area contributed by atoms with Crippen LogP contribution in [-0.2, 0) is 4.57 Å². The van der Waals surface area contributed by atoms with Crippen LogP contribution in [0, 0.1) is 27.7 Å². The highest BCUT2D eigenvalue weighted by atomic mass is 79.9. The summed E-state index contributed by atoms with van der Waals surface area (Å²) in [6, 6.07) is 11.5. The Hall–Kier alpha value is -2.40. The van der Waals surface area contributed by atoms with E-state index in [-0.39, 0.29) is 33.0 Å². The van der Waals surface area contributed by atoms with E-state index < -0.39 is 18.2 Å². The smallest absolute Gasteiger partial charge is 0.249 e. The highest BCUT2D eigenvalue weighted by Crippen LogP contribution is 2.56. The lowest BCUT2D eigenvalue weighted by atomic mass is 9.95. The van der Waals surface area contributed by atoms with Crippen molar-refractivity contribution in [1.29, 1.82) is 0 Å². The second kappa shape index (κ2) is 10.1. The number of aryl methyl sites for hydroxylation is 2. The second-order valence-electron chi connectivity index (χ2n) is 7.97. The first-order valence-electron chi connectivity index (χ1n) is 10.4. The van der Waals surface area contributed by atoms with Crippen molar-refractivity contribution in [1.82, 2.24) is 0 Å². The van der Waals surface area contributed by atoms with Crippen LogP contribution in [0.3, 0.4) is 0 Å². The fraction of sp³-hybridized carbons (Fsp3) is 0.231. The lowest BCUT2D eigenvalue weighted by Gasteiger charge is -2.23. The number of benzene rings is 3. The molecule has 0 spiro atoms. The molecule has 8 heteroatoms. The maximum absolute atomic E-state index is 14.8. The third-order valence-electron chi connectivity index (χ3n) is 6.03. The summed E-state index contributed by atoms with van der Waals surface area (Å²) in [5.41, 5.74) is 1.75. The van der Waals surface area contributed by atoms with Crippen molar-refractivity contribution >= 4 is 51.0 Å². The Labute approximate surface area is 212 Å². The number of hydrogen-bond donors (Lipinski definition) is 0. The zero-order chi connectivity index (χ0) is 25.4. The van der Waals surface area contributed by atoms with E-state index in [1.54, 1.807) is 32.0 Å². The van der Waals surface area contributed by atoms with E-state index in [0.717, 1.165) is 11.1 Å². The molecule has 0 saturated heterocycles. The maximum Gasteiger partial charge on any atom is 0.249 e. The van der Waals surface area contributed by atoms with Crippen molar-refractivity contribution in [2.24, 2.45) is 0 Å². The van der Waals surface area contributed by atoms with E-state index in [1.165, 1.54) is 32.4 Å². The summed E-state index contributed by atoms with van der Waals surface area (Å²) >= 11 is 9.70. The Morgan fingerprint density at radius 2 is 1.38 bits per heavy atom. The molecule has 178 valence electrons. The number of ether oxygens (including phenoxy) is 2. The Morgan fingerprint density at radius 3 is 1.94 bits per heavy atom. The third kappa shape index (κ3) is 4.24. The highest BCUT2D eigenvalue weighted by Gasteiger charge is 2.46. The molecule has 1 atom stereocenters. The van der Waals surface area contributed by atoms with E-state index in [1.807, 2.05) is 19.9 Å². The summed E-state index contributed by atoms with van der Waals surface area (Å²) in [7, 11) is -1.71. The van der Waals surface area contributed by atoms with Gasteiger partial charge in [0.15, 0.2) is 5.75 Å². The maximum atomic E-state index is 14.8. The van der Waals surface area contributed by atoms with Gasteiger partial charge in [0.25, 0.3) is 0 Å². The lowest BCUT2D eigenvalue weighted by molar-refractivity contribution is 0.103. The van der Waals surface area contributed by atoms with Crippen LogP contribution in [0.25, 0.3) is 0 Å². The molecule has 0 radical (unpaired) electrons. The van der Waals surface area contributed by atoms with Gasteiger partial charge >= 0.3 is 0 Å². The van der Waals surface area contributed by atoms with Gasteiger partial charge in [0, 0.05) is 10.9 Å². The minimum absolute atomic E-state index is 0.01000. The Balaban J connectivity index is 2.42. The second-order valence-corrected chi connectivity index (χ2v) is 11.8. The van der Waals surface area contributed by atoms with Gasteiger partial charge < -0.3 is 14.0 Å². The molecule has 0 heterocycles. The molecule has 0 amide bonds. The van der Waals surface area contributed by atoms with Gasteiger partial charge in [-0.05, 0) is 71.9 Å². The first kappa shape index (κ1) is 26.2. The lowest BCUT2D eigenvalue weighted by Crippen LogP contribution is -2.23. The molecule has 0 aliphatic rings. The molecule has 0 fully saturated rings. The summed E-state index contributed by atoms with van der Waals surface area (Å²) in [6.45, 7) is 7.43. The highest BCUT2D eigenvalue weighted by molar-refractivity contribution is 9.10. The van der Waals surface area contributed by atoms with Crippen LogP contribution < -0.4 is 14.8 Å². The average molecular weight is 564 g/mol. The summed E-state index contributed by atoms with van der Waals surface area (Å²) in [5.74, 6) is 0.0768. The number of carbonyl (C=O) groups excluding carboxylic acids is 2. The standard InChI is InChI=1S/C26H25BrClO5P/c1-14-12-15(2)21(17(4)16(14)3)25(29)34(31,18-10-8-7-9-11-18)26(30)22-23(32-5)19(27)13-20(28)24(22)33-6/h7-13H,1-6H3. The van der Waals surface area contributed by atoms with Gasteiger partial charge in [0.2, 0.25) is 18.2 Å². The van der Waals surface area contributed by atoms with Crippen molar-refractivity contribution in [3.05, 3.63) is 85.3 Å². The van der Waals surface area contributed by atoms with Gasteiger partial charge in [-0.1, -0.05) is 48.0 Å². The van der Waals surface area contributed by atoms with Crippen molar-refractivity contribution in [3.63, 3.8) is 0 Å². The number of halogens is 2. The van der Waals surface area contributed by atoms with Crippen molar-refractivity contribution in [2.45, 2.75) is 27.7 Å². The van der Waals surface area contributed by atoms with Crippen LogP contribution in [0.15, 0.2) is 46.9 Å². The summed E-state index contributed by atoms with van der Waals surface area (Å²) in [6.07, 6.45) is 0. The molecule has 3 aromatic rings. The molecule has 0 aliphatic carbocycles. The number of hydrogen-bond acceptors (Lipinski definition) is 5. The van der Waals surface area contributed by atoms with Crippen molar-refractivity contribution in [2.75, 3.05) is 14.2 Å². The van der Waals surface area contributed by atoms with Gasteiger partial charge in [-0.25, -0.2) is 0 Å². The molecule has 0 aromatic heterocycles. The van der Waals surface area contributed by atoms with Gasteiger partial charge in [-0.2, -0.15) is 0 Å². The van der Waals surface area contributed by atoms with E-state index >= 15 is 0 Å². The Bertz CT molecular complexity index is 1320. The molecule has 0 saturated carbocycles. The third-order valence-corrected chi connectivity index (χ3v) is 9.51. The molecule has 0 N–H and O–H groups in total. The number of carbonyl (C=O) groups is 2. The van der Waals surface area contributed by atoms with Gasteiger partial charge in [-0.15, -0.1) is 0 Å². The molecule has 0 aliphatic heterocycles. The molecule has 3 rings (SSSR count). The number of methoxy groups -OCH3 is 2. The topological polar surface area (TPSA) is 69.7 Å². The average Bonchev–Trinajstić information content (AvgIpc) is 2.81. The fourth-order valence-electron chi connectivity index (χ4n) is 4.07. The first-order valence-corrected chi connectivity index (χ1v) is 13.3. The minimum atomic E-state index is -4.42. The van der Waals surface area contributed by atoms with E-state index in [4.69, 9.17) is 21.1 Å². The molecular formula is C26H25BrClO5P. The monoisotopic (exact) mass is 562 g/mol. The predicted octanol–water partition coefficient (Wildman–Crippen LogP) is 7.02. The SMILES string of the molecule is COc1c(Cl)cc(Br)c(OC)c1C(=O)P(=O)(C(=O)c1c(C)cc(C)c(C)c1C)c1ccccc1. The minimum Gasteiger partial charge on any atom is -0.495 e. The Morgan fingerprint density at radius 1 is 0.824 bits per heavy atom. The van der Waals surface area contributed by atoms with E-state index in [0.29, 0.717) is 15.6 Å². The summed E-state index contributed by atoms with van der Waals surface area (Å²) < 4.78 is 26.0. The zero-order valence-corrected chi connectivity index (χ0v) is 23.0. The van der Waals surface area contributed by atoms with E-state index in [9.17, 15) is 14.2 Å². The largest absolute Gasteiger partial charge is 0.495 e. The molecule has 0 bridgehead atoms. The molecule has 5 nitrogen and oxygen atoms in total. The predicted molar refractivity (Wildman–Crippen MR) is 140 cm³/mol. The van der Waals surface area contributed by atoms with E-state index in [2.05, 4.69) is 15.9 Å². The normalized spacial score (nSPS) is 12.7. The van der Waals surface area contributed by atoms with Crippen LogP contribution in [0.5, 0.6) is 11.5 Å². The van der Waals surface area contributed by atoms with Crippen LogP contribution in [0.1, 0.15) is 43.0 Å². The molecule has 3 aromatic carbocycles. The van der Waals surface area contributed by atoms with Crippen molar-refractivity contribution < 1.29 is 23.6 Å². The fourth-order valence-corrected chi connectivity index (χ4v) is 7.49. The molecule has 1 unspecified atom stereocenters. The van der Waals surface area contributed by atoms with Crippen LogP contribution in [0.2, 0.25) is 5.02 Å². The number of rotatable bonds is 7. The van der Waals surface area contributed by atoms with Crippen molar-refractivity contribution in [3.8, 4) is 11.5 Å². The van der Waals surface area contributed by atoms with Gasteiger partial charge in [-0.3, -0.25) is 9.59 Å². The molecule has 34 heavy (non-hydrogen) atoms. The Kier molecular flexibility index (Phi) is 7.76. The van der Waals surface area contributed by atoms with Crippen LogP contribution in [-0.4, -0.2) is 25.3 Å². The van der Waals surface area contributed by atoms with Gasteiger partial charge in [0.1, 0.15) is 11.3 Å². The summed E-state index contributed by atoms with van der Waals surface area (Å²) in [4.78, 5) is 28.3. The molecular weight excluding hydrogens is 539 g/mol.